The Kier molecular flexibility index (Phi) is 7.19. The number of aryl methyl sites for hydroxylation is 2. The Balaban J connectivity index is 1.85. The highest BCUT2D eigenvalue weighted by Gasteiger charge is 2.24. The number of rotatable bonds is 10. The molecule has 1 atom stereocenters. The van der Waals surface area contributed by atoms with Crippen LogP contribution in [0.5, 0.6) is 0 Å². The topological polar surface area (TPSA) is 71.4 Å². The first-order valence-electron chi connectivity index (χ1n) is 8.47. The van der Waals surface area contributed by atoms with Crippen molar-refractivity contribution in [2.75, 3.05) is 11.5 Å². The first-order valence-corrected chi connectivity index (χ1v) is 10.3. The van der Waals surface area contributed by atoms with Crippen LogP contribution in [0.2, 0.25) is 0 Å². The smallest absolute Gasteiger partial charge is 0.307 e. The summed E-state index contributed by atoms with van der Waals surface area (Å²) in [5.41, 5.74) is 2.08. The van der Waals surface area contributed by atoms with Crippen LogP contribution in [-0.4, -0.2) is 31.0 Å². The maximum atomic E-state index is 12.3. The lowest BCUT2D eigenvalue weighted by Gasteiger charge is -2.13. The SMILES string of the molecule is O=C(O)C(CCCc1ccccc1)CS(=O)(=O)CCc1ccccc1. The molecule has 1 unspecified atom stereocenters. The van der Waals surface area contributed by atoms with Crippen molar-refractivity contribution in [3.8, 4) is 0 Å². The third-order valence-electron chi connectivity index (χ3n) is 4.21. The molecular weight excluding hydrogens is 336 g/mol. The Labute approximate surface area is 149 Å². The molecule has 0 bridgehead atoms. The molecule has 2 rings (SSSR count). The lowest BCUT2D eigenvalue weighted by atomic mass is 10.0. The number of aliphatic carboxylic acids is 1. The summed E-state index contributed by atoms with van der Waals surface area (Å²) in [6, 6.07) is 19.2. The fourth-order valence-electron chi connectivity index (χ4n) is 2.78. The first-order chi connectivity index (χ1) is 12.0. The third-order valence-corrected chi connectivity index (χ3v) is 5.95. The normalized spacial score (nSPS) is 12.6. The predicted molar refractivity (Wildman–Crippen MR) is 99.3 cm³/mol. The van der Waals surface area contributed by atoms with Crippen molar-refractivity contribution < 1.29 is 18.3 Å². The number of carbonyl (C=O) groups is 1. The van der Waals surface area contributed by atoms with Gasteiger partial charge in [-0.25, -0.2) is 8.42 Å². The molecule has 0 aliphatic carbocycles. The van der Waals surface area contributed by atoms with Crippen LogP contribution < -0.4 is 0 Å². The molecule has 1 N–H and O–H groups in total. The second kappa shape index (κ2) is 9.37. The molecule has 0 fully saturated rings. The van der Waals surface area contributed by atoms with E-state index in [9.17, 15) is 18.3 Å². The second-order valence-electron chi connectivity index (χ2n) is 6.26. The van der Waals surface area contributed by atoms with E-state index in [-0.39, 0.29) is 11.5 Å². The molecule has 2 aromatic carbocycles. The highest BCUT2D eigenvalue weighted by atomic mass is 32.2. The number of hydrogen-bond donors (Lipinski definition) is 1. The van der Waals surface area contributed by atoms with Gasteiger partial charge in [-0.05, 0) is 36.8 Å². The standard InChI is InChI=1S/C20H24O4S/c21-20(22)19(13-7-12-17-8-3-1-4-9-17)16-25(23,24)15-14-18-10-5-2-6-11-18/h1-6,8-11,19H,7,12-16H2,(H,21,22). The molecule has 0 saturated carbocycles. The quantitative estimate of drug-likeness (QED) is 0.705. The van der Waals surface area contributed by atoms with Crippen LogP contribution in [0, 0.1) is 5.92 Å². The van der Waals surface area contributed by atoms with E-state index in [0.717, 1.165) is 17.5 Å². The van der Waals surface area contributed by atoms with Gasteiger partial charge in [0.1, 0.15) is 0 Å². The zero-order chi connectivity index (χ0) is 18.1. The van der Waals surface area contributed by atoms with Gasteiger partial charge in [0, 0.05) is 0 Å². The monoisotopic (exact) mass is 360 g/mol. The van der Waals surface area contributed by atoms with Gasteiger partial charge in [-0.1, -0.05) is 60.7 Å². The van der Waals surface area contributed by atoms with Crippen LogP contribution in [0.4, 0.5) is 0 Å². The lowest BCUT2D eigenvalue weighted by molar-refractivity contribution is -0.141. The van der Waals surface area contributed by atoms with Crippen molar-refractivity contribution >= 4 is 15.8 Å². The van der Waals surface area contributed by atoms with Crippen LogP contribution in [0.1, 0.15) is 24.0 Å². The molecule has 0 aliphatic rings. The molecule has 4 nitrogen and oxygen atoms in total. The molecule has 0 aromatic heterocycles. The van der Waals surface area contributed by atoms with E-state index in [2.05, 4.69) is 0 Å². The minimum absolute atomic E-state index is 0.0144. The predicted octanol–water partition coefficient (Wildman–Crippen LogP) is 3.37. The van der Waals surface area contributed by atoms with E-state index in [1.165, 1.54) is 0 Å². The second-order valence-corrected chi connectivity index (χ2v) is 8.49. The summed E-state index contributed by atoms with van der Waals surface area (Å²) in [5, 5.41) is 9.35. The zero-order valence-electron chi connectivity index (χ0n) is 14.2. The van der Waals surface area contributed by atoms with Crippen molar-refractivity contribution in [2.24, 2.45) is 5.92 Å². The molecule has 0 saturated heterocycles. The zero-order valence-corrected chi connectivity index (χ0v) is 15.0. The Morgan fingerprint density at radius 1 is 0.880 bits per heavy atom. The highest BCUT2D eigenvalue weighted by Crippen LogP contribution is 2.15. The summed E-state index contributed by atoms with van der Waals surface area (Å²) >= 11 is 0. The number of sulfone groups is 1. The van der Waals surface area contributed by atoms with Crippen LogP contribution in [0.25, 0.3) is 0 Å². The van der Waals surface area contributed by atoms with E-state index in [4.69, 9.17) is 0 Å². The van der Waals surface area contributed by atoms with Gasteiger partial charge in [-0.15, -0.1) is 0 Å². The van der Waals surface area contributed by atoms with Gasteiger partial charge >= 0.3 is 5.97 Å². The van der Waals surface area contributed by atoms with Gasteiger partial charge < -0.3 is 5.11 Å². The first kappa shape index (κ1) is 19.2. The Bertz CT molecular complexity index is 755. The van der Waals surface area contributed by atoms with Crippen molar-refractivity contribution in [3.05, 3.63) is 71.8 Å². The van der Waals surface area contributed by atoms with E-state index >= 15 is 0 Å². The van der Waals surface area contributed by atoms with E-state index in [1.54, 1.807) is 0 Å². The Morgan fingerprint density at radius 2 is 1.40 bits per heavy atom. The van der Waals surface area contributed by atoms with Crippen LogP contribution in [-0.2, 0) is 27.5 Å². The highest BCUT2D eigenvalue weighted by molar-refractivity contribution is 7.91. The summed E-state index contributed by atoms with van der Waals surface area (Å²) in [4.78, 5) is 11.4. The average molecular weight is 360 g/mol. The fraction of sp³-hybridized carbons (Fsp3) is 0.350. The molecular formula is C20H24O4S. The van der Waals surface area contributed by atoms with E-state index < -0.39 is 21.7 Å². The molecule has 134 valence electrons. The van der Waals surface area contributed by atoms with Crippen molar-refractivity contribution in [1.82, 2.24) is 0 Å². The molecule has 0 aliphatic heterocycles. The third kappa shape index (κ3) is 7.10. The van der Waals surface area contributed by atoms with E-state index in [1.807, 2.05) is 60.7 Å². The number of carboxylic acid groups (broad SMARTS) is 1. The van der Waals surface area contributed by atoms with Gasteiger partial charge in [0.05, 0.1) is 17.4 Å². The van der Waals surface area contributed by atoms with Gasteiger partial charge in [-0.2, -0.15) is 0 Å². The molecule has 0 amide bonds. The molecule has 5 heteroatoms. The van der Waals surface area contributed by atoms with Crippen LogP contribution in [0.15, 0.2) is 60.7 Å². The van der Waals surface area contributed by atoms with E-state index in [0.29, 0.717) is 19.3 Å². The van der Waals surface area contributed by atoms with Gasteiger partial charge in [-0.3, -0.25) is 4.79 Å². The minimum Gasteiger partial charge on any atom is -0.481 e. The summed E-state index contributed by atoms with van der Waals surface area (Å²) in [6.07, 6.45) is 2.21. The number of hydrogen-bond acceptors (Lipinski definition) is 3. The summed E-state index contributed by atoms with van der Waals surface area (Å²) in [7, 11) is -3.40. The van der Waals surface area contributed by atoms with Gasteiger partial charge in [0.25, 0.3) is 0 Å². The fourth-order valence-corrected chi connectivity index (χ4v) is 4.42. The average Bonchev–Trinajstić information content (AvgIpc) is 2.61. The molecule has 0 spiro atoms. The summed E-state index contributed by atoms with van der Waals surface area (Å²) in [6.45, 7) is 0. The van der Waals surface area contributed by atoms with Crippen molar-refractivity contribution in [3.63, 3.8) is 0 Å². The maximum absolute atomic E-state index is 12.3. The van der Waals surface area contributed by atoms with Gasteiger partial charge in [0.15, 0.2) is 9.84 Å². The minimum atomic E-state index is -3.40. The molecule has 25 heavy (non-hydrogen) atoms. The van der Waals surface area contributed by atoms with Crippen molar-refractivity contribution in [2.45, 2.75) is 25.7 Å². The number of carboxylic acids is 1. The van der Waals surface area contributed by atoms with Gasteiger partial charge in [0.2, 0.25) is 0 Å². The maximum Gasteiger partial charge on any atom is 0.307 e. The van der Waals surface area contributed by atoms with Crippen molar-refractivity contribution in [1.29, 1.82) is 0 Å². The van der Waals surface area contributed by atoms with Crippen LogP contribution >= 0.6 is 0 Å². The van der Waals surface area contributed by atoms with Crippen LogP contribution in [0.3, 0.4) is 0 Å². The molecule has 0 radical (unpaired) electrons. The lowest BCUT2D eigenvalue weighted by Crippen LogP contribution is -2.26. The largest absolute Gasteiger partial charge is 0.481 e. The molecule has 0 heterocycles. The Hall–Kier alpha value is -2.14. The molecule has 2 aromatic rings. The number of benzene rings is 2. The Morgan fingerprint density at radius 3 is 1.92 bits per heavy atom. The summed E-state index contributed by atoms with van der Waals surface area (Å²) < 4.78 is 24.6. The summed E-state index contributed by atoms with van der Waals surface area (Å²) in [5.74, 6) is -2.18.